The number of aryl methyl sites for hydroxylation is 1. The summed E-state index contributed by atoms with van der Waals surface area (Å²) in [5, 5.41) is 4.83. The number of carbonyl (C=O) groups is 5. The molecule has 0 radical (unpaired) electrons. The number of ether oxygens (including phenoxy) is 2. The Kier molecular flexibility index (Phi) is 10.5. The summed E-state index contributed by atoms with van der Waals surface area (Å²) in [6.45, 7) is 8.10. The van der Waals surface area contributed by atoms with Crippen molar-refractivity contribution in [1.29, 1.82) is 0 Å². The van der Waals surface area contributed by atoms with Gasteiger partial charge in [-0.2, -0.15) is 0 Å². The van der Waals surface area contributed by atoms with Gasteiger partial charge in [0.15, 0.2) is 0 Å². The first-order chi connectivity index (χ1) is 15.8. The summed E-state index contributed by atoms with van der Waals surface area (Å²) in [6.07, 6.45) is -1.41. The highest BCUT2D eigenvalue weighted by molar-refractivity contribution is 5.95. The van der Waals surface area contributed by atoms with E-state index in [4.69, 9.17) is 10.5 Å². The fourth-order valence-corrected chi connectivity index (χ4v) is 3.07. The number of benzene rings is 1. The monoisotopic (exact) mass is 478 g/mol. The van der Waals surface area contributed by atoms with Crippen LogP contribution >= 0.6 is 0 Å². The summed E-state index contributed by atoms with van der Waals surface area (Å²) in [5.74, 6) is -2.85. The minimum atomic E-state index is -1.37. The van der Waals surface area contributed by atoms with Crippen LogP contribution in [0.4, 0.5) is 4.79 Å². The maximum Gasteiger partial charge on any atom is 0.408 e. The average molecular weight is 479 g/mol. The minimum absolute atomic E-state index is 0.0499. The van der Waals surface area contributed by atoms with Crippen molar-refractivity contribution in [3.63, 3.8) is 0 Å². The molecule has 4 N–H and O–H groups in total. The van der Waals surface area contributed by atoms with Gasteiger partial charge >= 0.3 is 12.1 Å². The van der Waals surface area contributed by atoms with Crippen molar-refractivity contribution in [1.82, 2.24) is 15.5 Å². The van der Waals surface area contributed by atoms with Crippen LogP contribution in [0, 0.1) is 6.92 Å². The number of nitrogens with zero attached hydrogens (tertiary/aromatic N) is 1. The number of carbonyl (C=O) groups excluding carboxylic acids is 5. The molecule has 0 spiro atoms. The van der Waals surface area contributed by atoms with Crippen molar-refractivity contribution >= 4 is 29.8 Å². The topological polar surface area (TPSA) is 157 Å². The highest BCUT2D eigenvalue weighted by Gasteiger charge is 2.36. The van der Waals surface area contributed by atoms with E-state index in [0.29, 0.717) is 5.56 Å². The van der Waals surface area contributed by atoms with Crippen LogP contribution in [0.15, 0.2) is 24.3 Å². The Hall–Kier alpha value is -3.63. The smallest absolute Gasteiger partial charge is 0.408 e. The fraction of sp³-hybridized carbons (Fsp3) is 0.522. The molecule has 0 aliphatic carbocycles. The molecule has 0 heterocycles. The van der Waals surface area contributed by atoms with Crippen molar-refractivity contribution in [2.24, 2.45) is 5.73 Å². The minimum Gasteiger partial charge on any atom is -0.468 e. The lowest BCUT2D eigenvalue weighted by molar-refractivity contribution is -0.145. The summed E-state index contributed by atoms with van der Waals surface area (Å²) in [5.41, 5.74) is 5.87. The lowest BCUT2D eigenvalue weighted by atomic mass is 10.0. The number of nitrogens with two attached hydrogens (primary N) is 1. The molecule has 0 fully saturated rings. The van der Waals surface area contributed by atoms with E-state index in [9.17, 15) is 24.0 Å². The number of hydrogen-bond acceptors (Lipinski definition) is 7. The molecule has 11 heteroatoms. The van der Waals surface area contributed by atoms with Gasteiger partial charge in [-0.05, 0) is 40.2 Å². The number of rotatable bonds is 10. The van der Waals surface area contributed by atoms with Crippen LogP contribution < -0.4 is 16.4 Å². The zero-order valence-electron chi connectivity index (χ0n) is 20.5. The highest BCUT2D eigenvalue weighted by Crippen LogP contribution is 2.23. The predicted molar refractivity (Wildman–Crippen MR) is 123 cm³/mol. The molecule has 0 saturated carbocycles. The van der Waals surface area contributed by atoms with Crippen molar-refractivity contribution in [2.75, 3.05) is 20.2 Å². The number of likely N-dealkylation sites (N-methyl/N-ethyl adjacent to an activating group) is 1. The maximum atomic E-state index is 13.5. The molecule has 0 bridgehead atoms. The Morgan fingerprint density at radius 3 is 2.15 bits per heavy atom. The van der Waals surface area contributed by atoms with Gasteiger partial charge in [0.05, 0.1) is 13.5 Å². The molecule has 0 aliphatic heterocycles. The molecule has 0 aliphatic rings. The van der Waals surface area contributed by atoms with Gasteiger partial charge in [-0.3, -0.25) is 19.2 Å². The summed E-state index contributed by atoms with van der Waals surface area (Å²) in [7, 11) is 1.19. The van der Waals surface area contributed by atoms with Gasteiger partial charge in [0.1, 0.15) is 24.2 Å². The zero-order chi connectivity index (χ0) is 26.1. The van der Waals surface area contributed by atoms with Gasteiger partial charge in [0, 0.05) is 6.54 Å². The van der Waals surface area contributed by atoms with Crippen LogP contribution in [0.5, 0.6) is 0 Å². The molecule has 1 aromatic rings. The van der Waals surface area contributed by atoms with Crippen LogP contribution in [0.3, 0.4) is 0 Å². The van der Waals surface area contributed by atoms with Gasteiger partial charge in [0.25, 0.3) is 0 Å². The summed E-state index contributed by atoms with van der Waals surface area (Å²) >= 11 is 0. The second-order valence-corrected chi connectivity index (χ2v) is 8.60. The Labute approximate surface area is 199 Å². The van der Waals surface area contributed by atoms with Crippen LogP contribution in [0.25, 0.3) is 0 Å². The van der Waals surface area contributed by atoms with Gasteiger partial charge in [-0.15, -0.1) is 0 Å². The second kappa shape index (κ2) is 12.6. The van der Waals surface area contributed by atoms with Crippen molar-refractivity contribution in [3.05, 3.63) is 35.4 Å². The summed E-state index contributed by atoms with van der Waals surface area (Å²) in [6, 6.07) is 4.38. The van der Waals surface area contributed by atoms with Crippen molar-refractivity contribution in [2.45, 2.75) is 58.7 Å². The number of methoxy groups -OCH3 is 1. The molecule has 11 nitrogen and oxygen atoms in total. The first-order valence-corrected chi connectivity index (χ1v) is 10.8. The van der Waals surface area contributed by atoms with Crippen molar-refractivity contribution in [3.8, 4) is 0 Å². The van der Waals surface area contributed by atoms with Gasteiger partial charge in [-0.25, -0.2) is 4.79 Å². The van der Waals surface area contributed by atoms with Crippen LogP contribution in [0.2, 0.25) is 0 Å². The van der Waals surface area contributed by atoms with Gasteiger partial charge < -0.3 is 30.7 Å². The number of primary amides is 1. The molecule has 188 valence electrons. The van der Waals surface area contributed by atoms with Crippen LogP contribution in [-0.4, -0.2) is 66.5 Å². The lowest BCUT2D eigenvalue weighted by Gasteiger charge is -2.33. The van der Waals surface area contributed by atoms with E-state index in [1.54, 1.807) is 52.0 Å². The van der Waals surface area contributed by atoms with E-state index >= 15 is 0 Å². The lowest BCUT2D eigenvalue weighted by Crippen LogP contribution is -2.54. The number of esters is 1. The quantitative estimate of drug-likeness (QED) is 0.422. The Balaban J connectivity index is 3.32. The molecule has 1 aromatic carbocycles. The van der Waals surface area contributed by atoms with E-state index in [1.807, 2.05) is 6.92 Å². The number of amides is 4. The molecule has 34 heavy (non-hydrogen) atoms. The standard InChI is InChI=1S/C23H34N4O7/c1-7-27(21(31)16(12-17(24)28)26-22(32)34-23(3,4)5)19(15-10-8-14(2)9-11-15)20(30)25-13-18(29)33-6/h8-11,16,19H,7,12-13H2,1-6H3,(H2,24,28)(H,25,30)(H,26,32). The van der Waals surface area contributed by atoms with E-state index in [2.05, 4.69) is 15.4 Å². The molecular weight excluding hydrogens is 444 g/mol. The predicted octanol–water partition coefficient (Wildman–Crippen LogP) is 0.943. The maximum absolute atomic E-state index is 13.5. The molecule has 2 atom stereocenters. The molecular formula is C23H34N4O7. The number of hydrogen-bond donors (Lipinski definition) is 3. The third-order valence-electron chi connectivity index (χ3n) is 4.61. The third kappa shape index (κ3) is 9.08. The first-order valence-electron chi connectivity index (χ1n) is 10.8. The Bertz CT molecular complexity index is 894. The van der Waals surface area contributed by atoms with E-state index in [0.717, 1.165) is 5.56 Å². The molecule has 1 rings (SSSR count). The largest absolute Gasteiger partial charge is 0.468 e. The molecule has 0 saturated heterocycles. The fourth-order valence-electron chi connectivity index (χ4n) is 3.07. The SMILES string of the molecule is CCN(C(=O)C(CC(N)=O)NC(=O)OC(C)(C)C)C(C(=O)NCC(=O)OC)c1ccc(C)cc1. The van der Waals surface area contributed by atoms with Crippen LogP contribution in [-0.2, 0) is 28.7 Å². The number of alkyl carbamates (subject to hydrolysis) is 1. The Morgan fingerprint density at radius 2 is 1.68 bits per heavy atom. The third-order valence-corrected chi connectivity index (χ3v) is 4.61. The van der Waals surface area contributed by atoms with Gasteiger partial charge in [-0.1, -0.05) is 29.8 Å². The van der Waals surface area contributed by atoms with Crippen LogP contribution in [0.1, 0.15) is 51.3 Å². The molecule has 2 unspecified atom stereocenters. The molecule has 0 aromatic heterocycles. The van der Waals surface area contributed by atoms with E-state index in [-0.39, 0.29) is 6.54 Å². The highest BCUT2D eigenvalue weighted by atomic mass is 16.6. The van der Waals surface area contributed by atoms with Gasteiger partial charge in [0.2, 0.25) is 17.7 Å². The second-order valence-electron chi connectivity index (χ2n) is 8.60. The normalized spacial score (nSPS) is 12.6. The first kappa shape index (κ1) is 28.4. The van der Waals surface area contributed by atoms with E-state index < -0.39 is 60.4 Å². The summed E-state index contributed by atoms with van der Waals surface area (Å²) in [4.78, 5) is 63.2. The number of nitrogens with one attached hydrogen (secondary N) is 2. The van der Waals surface area contributed by atoms with Crippen molar-refractivity contribution < 1.29 is 33.4 Å². The van der Waals surface area contributed by atoms with E-state index in [1.165, 1.54) is 12.0 Å². The molecule has 4 amide bonds. The zero-order valence-corrected chi connectivity index (χ0v) is 20.5. The summed E-state index contributed by atoms with van der Waals surface area (Å²) < 4.78 is 9.75. The average Bonchev–Trinajstić information content (AvgIpc) is 2.73. The Morgan fingerprint density at radius 1 is 1.09 bits per heavy atom.